The molecule has 1 aliphatic heterocycles. The van der Waals surface area contributed by atoms with Crippen molar-refractivity contribution in [3.05, 3.63) is 4.77 Å². The molecule has 3 rings (SSSR count). The first-order chi connectivity index (χ1) is 8.31. The number of thioether (sulfide) groups is 1. The predicted molar refractivity (Wildman–Crippen MR) is 60.8 cm³/mol. The highest BCUT2D eigenvalue weighted by Crippen LogP contribution is 2.19. The minimum atomic E-state index is 0.0399. The standard InChI is InChI=1S/C3H6N4OS.C3H4N4S/c8-2-1-7-3(9)4-5-6-7;1-2-8-3-4-5-6-7(1)3/h8H,1-2H2,(H,4,6,9);1-2H2. The van der Waals surface area contributed by atoms with Crippen LogP contribution in [0.5, 0.6) is 0 Å². The van der Waals surface area contributed by atoms with Crippen LogP contribution >= 0.6 is 24.0 Å². The van der Waals surface area contributed by atoms with Gasteiger partial charge in [0.2, 0.25) is 9.93 Å². The summed E-state index contributed by atoms with van der Waals surface area (Å²) in [6.07, 6.45) is 0. The monoisotopic (exact) mass is 274 g/mol. The predicted octanol–water partition coefficient (Wildman–Crippen LogP) is -0.893. The number of hydrogen-bond donors (Lipinski definition) is 2. The third-order valence-corrected chi connectivity index (χ3v) is 3.13. The second kappa shape index (κ2) is 5.84. The zero-order valence-corrected chi connectivity index (χ0v) is 10.4. The Morgan fingerprint density at radius 1 is 1.47 bits per heavy atom. The molecular formula is C6H10N8OS2. The van der Waals surface area contributed by atoms with Crippen molar-refractivity contribution in [2.45, 2.75) is 18.2 Å². The zero-order chi connectivity index (χ0) is 12.1. The summed E-state index contributed by atoms with van der Waals surface area (Å²) in [5, 5.41) is 29.8. The molecule has 2 aromatic rings. The Balaban J connectivity index is 0.000000127. The minimum absolute atomic E-state index is 0.0399. The summed E-state index contributed by atoms with van der Waals surface area (Å²) in [4.78, 5) is 0. The number of tetrazole rings is 2. The van der Waals surface area contributed by atoms with Gasteiger partial charge in [-0.3, -0.25) is 0 Å². The number of aromatic amines is 1. The molecule has 3 heterocycles. The normalized spacial score (nSPS) is 13.0. The Bertz CT molecular complexity index is 499. The molecular weight excluding hydrogens is 264 g/mol. The van der Waals surface area contributed by atoms with E-state index < -0.39 is 0 Å². The van der Waals surface area contributed by atoms with Crippen LogP contribution in [-0.4, -0.2) is 57.9 Å². The second-order valence-electron chi connectivity index (χ2n) is 2.99. The maximum atomic E-state index is 8.42. The zero-order valence-electron chi connectivity index (χ0n) is 8.72. The summed E-state index contributed by atoms with van der Waals surface area (Å²) in [5.41, 5.74) is 0. The summed E-state index contributed by atoms with van der Waals surface area (Å²) in [6.45, 7) is 1.43. The molecule has 9 nitrogen and oxygen atoms in total. The van der Waals surface area contributed by atoms with Crippen LogP contribution in [0.3, 0.4) is 0 Å². The molecule has 2 N–H and O–H groups in total. The van der Waals surface area contributed by atoms with Gasteiger partial charge in [0.1, 0.15) is 0 Å². The van der Waals surface area contributed by atoms with Crippen molar-refractivity contribution in [3.8, 4) is 0 Å². The maximum Gasteiger partial charge on any atom is 0.238 e. The van der Waals surface area contributed by atoms with E-state index in [0.29, 0.717) is 11.3 Å². The van der Waals surface area contributed by atoms with Crippen LogP contribution in [0, 0.1) is 4.77 Å². The molecule has 0 amide bonds. The minimum Gasteiger partial charge on any atom is -0.394 e. The van der Waals surface area contributed by atoms with Gasteiger partial charge in [0.25, 0.3) is 0 Å². The lowest BCUT2D eigenvalue weighted by molar-refractivity contribution is 0.267. The first-order valence-corrected chi connectivity index (χ1v) is 6.18. The summed E-state index contributed by atoms with van der Waals surface area (Å²) in [7, 11) is 0. The van der Waals surface area contributed by atoms with E-state index in [1.807, 2.05) is 4.68 Å². The van der Waals surface area contributed by atoms with Crippen molar-refractivity contribution in [1.82, 2.24) is 40.4 Å². The third-order valence-electron chi connectivity index (χ3n) is 1.89. The molecule has 92 valence electrons. The highest BCUT2D eigenvalue weighted by atomic mass is 32.2. The van der Waals surface area contributed by atoms with E-state index in [0.717, 1.165) is 17.5 Å². The molecule has 2 aromatic heterocycles. The van der Waals surface area contributed by atoms with E-state index in [1.54, 1.807) is 11.8 Å². The van der Waals surface area contributed by atoms with Gasteiger partial charge < -0.3 is 5.11 Å². The topological polar surface area (TPSA) is 110 Å². The van der Waals surface area contributed by atoms with Gasteiger partial charge in [0.15, 0.2) is 0 Å². The second-order valence-corrected chi connectivity index (χ2v) is 4.42. The lowest BCUT2D eigenvalue weighted by Crippen LogP contribution is -2.03. The number of H-pyrrole nitrogens is 1. The first kappa shape index (κ1) is 12.1. The highest BCUT2D eigenvalue weighted by molar-refractivity contribution is 7.99. The molecule has 0 unspecified atom stereocenters. The van der Waals surface area contributed by atoms with Gasteiger partial charge in [-0.25, -0.2) is 9.36 Å². The molecule has 17 heavy (non-hydrogen) atoms. The lowest BCUT2D eigenvalue weighted by Gasteiger charge is -1.92. The van der Waals surface area contributed by atoms with Crippen molar-refractivity contribution in [1.29, 1.82) is 0 Å². The fraction of sp³-hybridized carbons (Fsp3) is 0.667. The average Bonchev–Trinajstić information content (AvgIpc) is 2.96. The van der Waals surface area contributed by atoms with Crippen LogP contribution in [-0.2, 0) is 13.1 Å². The molecule has 0 aliphatic carbocycles. The van der Waals surface area contributed by atoms with Crippen molar-refractivity contribution in [2.75, 3.05) is 12.4 Å². The molecule has 0 saturated heterocycles. The maximum absolute atomic E-state index is 8.42. The van der Waals surface area contributed by atoms with Gasteiger partial charge in [0.05, 0.1) is 19.7 Å². The average molecular weight is 274 g/mol. The van der Waals surface area contributed by atoms with Gasteiger partial charge in [-0.15, -0.1) is 5.10 Å². The third kappa shape index (κ3) is 3.08. The van der Waals surface area contributed by atoms with Crippen LogP contribution in [0.2, 0.25) is 0 Å². The summed E-state index contributed by atoms with van der Waals surface area (Å²) in [5.74, 6) is 1.10. The summed E-state index contributed by atoms with van der Waals surface area (Å²) >= 11 is 6.40. The molecule has 0 bridgehead atoms. The van der Waals surface area contributed by atoms with Gasteiger partial charge in [0, 0.05) is 5.75 Å². The Morgan fingerprint density at radius 2 is 2.35 bits per heavy atom. The van der Waals surface area contributed by atoms with Crippen LogP contribution in [0.15, 0.2) is 5.16 Å². The van der Waals surface area contributed by atoms with Crippen LogP contribution in [0.4, 0.5) is 0 Å². The van der Waals surface area contributed by atoms with Crippen molar-refractivity contribution in [2.24, 2.45) is 0 Å². The number of rotatable bonds is 2. The largest absolute Gasteiger partial charge is 0.394 e. The molecule has 0 atom stereocenters. The fourth-order valence-corrected chi connectivity index (χ4v) is 2.12. The van der Waals surface area contributed by atoms with Gasteiger partial charge in [-0.05, 0) is 22.6 Å². The Kier molecular flexibility index (Phi) is 4.17. The summed E-state index contributed by atoms with van der Waals surface area (Å²) in [6, 6.07) is 0. The molecule has 0 aromatic carbocycles. The van der Waals surface area contributed by atoms with E-state index in [1.165, 1.54) is 4.68 Å². The molecule has 1 aliphatic rings. The van der Waals surface area contributed by atoms with E-state index in [-0.39, 0.29) is 6.61 Å². The highest BCUT2D eigenvalue weighted by Gasteiger charge is 2.12. The number of nitrogens with one attached hydrogen (secondary N) is 1. The number of aliphatic hydroxyl groups excluding tert-OH is 1. The van der Waals surface area contributed by atoms with Crippen molar-refractivity contribution in [3.63, 3.8) is 0 Å². The quantitative estimate of drug-likeness (QED) is 0.678. The number of aromatic nitrogens is 8. The Hall–Kier alpha value is -1.33. The number of aryl methyl sites for hydroxylation is 1. The fourth-order valence-electron chi connectivity index (χ4n) is 1.13. The number of aliphatic hydroxyl groups is 1. The molecule has 0 radical (unpaired) electrons. The van der Waals surface area contributed by atoms with E-state index >= 15 is 0 Å². The Labute approximate surface area is 105 Å². The van der Waals surface area contributed by atoms with E-state index in [9.17, 15) is 0 Å². The lowest BCUT2D eigenvalue weighted by atomic mass is 10.7. The number of hydrogen-bond acceptors (Lipinski definition) is 8. The van der Waals surface area contributed by atoms with Crippen LogP contribution in [0.1, 0.15) is 0 Å². The van der Waals surface area contributed by atoms with E-state index in [2.05, 4.69) is 31.1 Å². The number of fused-ring (bicyclic) bond motifs is 1. The van der Waals surface area contributed by atoms with Gasteiger partial charge in [-0.2, -0.15) is 5.21 Å². The SMILES string of the molecule is C1Cn2nnnc2S1.OCCn1[nH]nnc1=S. The van der Waals surface area contributed by atoms with Gasteiger partial charge >= 0.3 is 0 Å². The molecule has 0 spiro atoms. The first-order valence-electron chi connectivity index (χ1n) is 4.79. The number of nitrogens with zero attached hydrogens (tertiary/aromatic N) is 7. The Morgan fingerprint density at radius 3 is 3.00 bits per heavy atom. The van der Waals surface area contributed by atoms with Crippen molar-refractivity contribution >= 4 is 24.0 Å². The van der Waals surface area contributed by atoms with Crippen molar-refractivity contribution < 1.29 is 5.11 Å². The van der Waals surface area contributed by atoms with Gasteiger partial charge in [-0.1, -0.05) is 22.1 Å². The smallest absolute Gasteiger partial charge is 0.238 e. The molecule has 0 fully saturated rings. The van der Waals surface area contributed by atoms with E-state index in [4.69, 9.17) is 17.3 Å². The molecule has 11 heteroatoms. The summed E-state index contributed by atoms with van der Waals surface area (Å²) < 4.78 is 3.66. The van der Waals surface area contributed by atoms with Crippen LogP contribution in [0.25, 0.3) is 0 Å². The molecule has 0 saturated carbocycles. The van der Waals surface area contributed by atoms with Crippen LogP contribution < -0.4 is 0 Å².